The highest BCUT2D eigenvalue weighted by molar-refractivity contribution is 5.45. The van der Waals surface area contributed by atoms with E-state index in [2.05, 4.69) is 25.9 Å². The molecule has 1 atom stereocenters. The Hall–Kier alpha value is -0.990. The van der Waals surface area contributed by atoms with E-state index in [4.69, 9.17) is 5.73 Å². The summed E-state index contributed by atoms with van der Waals surface area (Å²) in [5.74, 6) is 2.44. The topological polar surface area (TPSA) is 43.8 Å². The monoisotopic (exact) mass is 207 g/mol. The maximum atomic E-state index is 6.10. The van der Waals surface area contributed by atoms with Crippen molar-refractivity contribution in [2.24, 2.45) is 11.8 Å². The highest BCUT2D eigenvalue weighted by atomic mass is 15.3. The van der Waals surface area contributed by atoms with Crippen molar-refractivity contribution in [1.29, 1.82) is 0 Å². The van der Waals surface area contributed by atoms with Crippen LogP contribution in [0, 0.1) is 11.8 Å². The molecule has 0 saturated carbocycles. The average molecular weight is 207 g/mol. The standard InChI is InChI=1S/C12H21N3/c1-4-15-12(13)10-7-9(8(2)3)5-6-11(10)14-15/h8-9H,4-7,13H2,1-3H3. The summed E-state index contributed by atoms with van der Waals surface area (Å²) < 4.78 is 1.94. The van der Waals surface area contributed by atoms with Crippen LogP contribution in [-0.2, 0) is 19.4 Å². The SMILES string of the molecule is CCn1nc2c(c1N)CC(C(C)C)CC2. The van der Waals surface area contributed by atoms with Crippen LogP contribution in [0.3, 0.4) is 0 Å². The summed E-state index contributed by atoms with van der Waals surface area (Å²) in [6.45, 7) is 7.58. The van der Waals surface area contributed by atoms with Crippen LogP contribution in [0.1, 0.15) is 38.4 Å². The third-order valence-corrected chi connectivity index (χ3v) is 3.64. The first-order valence-corrected chi connectivity index (χ1v) is 5.97. The van der Waals surface area contributed by atoms with Crippen LogP contribution in [0.5, 0.6) is 0 Å². The molecule has 0 fully saturated rings. The van der Waals surface area contributed by atoms with Gasteiger partial charge in [0.1, 0.15) is 5.82 Å². The molecule has 0 radical (unpaired) electrons. The van der Waals surface area contributed by atoms with Crippen LogP contribution >= 0.6 is 0 Å². The van der Waals surface area contributed by atoms with Gasteiger partial charge in [0, 0.05) is 12.1 Å². The third kappa shape index (κ3) is 1.75. The fourth-order valence-electron chi connectivity index (χ4n) is 2.48. The normalized spacial score (nSPS) is 20.7. The average Bonchev–Trinajstić information content (AvgIpc) is 2.55. The molecular formula is C12H21N3. The summed E-state index contributed by atoms with van der Waals surface area (Å²) in [5, 5.41) is 4.55. The Labute approximate surface area is 91.7 Å². The van der Waals surface area contributed by atoms with E-state index in [9.17, 15) is 0 Å². The molecule has 1 unspecified atom stereocenters. The molecule has 84 valence electrons. The number of aryl methyl sites for hydroxylation is 2. The maximum Gasteiger partial charge on any atom is 0.125 e. The second kappa shape index (κ2) is 3.87. The van der Waals surface area contributed by atoms with E-state index >= 15 is 0 Å². The van der Waals surface area contributed by atoms with E-state index in [1.165, 1.54) is 17.7 Å². The van der Waals surface area contributed by atoms with Gasteiger partial charge in [0.25, 0.3) is 0 Å². The summed E-state index contributed by atoms with van der Waals surface area (Å²) in [5.41, 5.74) is 8.66. The number of nitrogens with two attached hydrogens (primary N) is 1. The number of hydrogen-bond acceptors (Lipinski definition) is 2. The molecule has 1 heterocycles. The van der Waals surface area contributed by atoms with Gasteiger partial charge in [-0.3, -0.25) is 0 Å². The van der Waals surface area contributed by atoms with Crippen LogP contribution in [-0.4, -0.2) is 9.78 Å². The summed E-state index contributed by atoms with van der Waals surface area (Å²) in [4.78, 5) is 0. The Morgan fingerprint density at radius 1 is 1.53 bits per heavy atom. The lowest BCUT2D eigenvalue weighted by atomic mass is 9.80. The Morgan fingerprint density at radius 3 is 2.87 bits per heavy atom. The number of rotatable bonds is 2. The van der Waals surface area contributed by atoms with Crippen LogP contribution in [0.4, 0.5) is 5.82 Å². The van der Waals surface area contributed by atoms with Crippen LogP contribution in [0.15, 0.2) is 0 Å². The molecule has 1 aromatic heterocycles. The quantitative estimate of drug-likeness (QED) is 0.808. The highest BCUT2D eigenvalue weighted by Gasteiger charge is 2.26. The minimum Gasteiger partial charge on any atom is -0.384 e. The smallest absolute Gasteiger partial charge is 0.125 e. The van der Waals surface area contributed by atoms with Gasteiger partial charge in [-0.2, -0.15) is 5.10 Å². The van der Waals surface area contributed by atoms with Crippen molar-refractivity contribution in [3.63, 3.8) is 0 Å². The number of anilines is 1. The first-order valence-electron chi connectivity index (χ1n) is 5.97. The lowest BCUT2D eigenvalue weighted by Gasteiger charge is -2.24. The summed E-state index contributed by atoms with van der Waals surface area (Å²) >= 11 is 0. The van der Waals surface area contributed by atoms with Crippen LogP contribution in [0.25, 0.3) is 0 Å². The Bertz CT molecular complexity index is 352. The van der Waals surface area contributed by atoms with Crippen LogP contribution < -0.4 is 5.73 Å². The second-order valence-corrected chi connectivity index (χ2v) is 4.87. The minimum absolute atomic E-state index is 0.752. The van der Waals surface area contributed by atoms with E-state index < -0.39 is 0 Å². The predicted octanol–water partition coefficient (Wildman–Crippen LogP) is 2.25. The van der Waals surface area contributed by atoms with E-state index in [0.717, 1.165) is 37.0 Å². The lowest BCUT2D eigenvalue weighted by molar-refractivity contribution is 0.342. The van der Waals surface area contributed by atoms with Crippen molar-refractivity contribution in [1.82, 2.24) is 9.78 Å². The lowest BCUT2D eigenvalue weighted by Crippen LogP contribution is -2.19. The molecule has 3 heteroatoms. The second-order valence-electron chi connectivity index (χ2n) is 4.87. The molecule has 0 saturated heterocycles. The Morgan fingerprint density at radius 2 is 2.27 bits per heavy atom. The summed E-state index contributed by atoms with van der Waals surface area (Å²) in [6.07, 6.45) is 3.50. The van der Waals surface area contributed by atoms with Gasteiger partial charge in [0.2, 0.25) is 0 Å². The first kappa shape index (κ1) is 10.5. The molecule has 0 spiro atoms. The molecule has 1 aliphatic rings. The zero-order valence-electron chi connectivity index (χ0n) is 9.95. The highest BCUT2D eigenvalue weighted by Crippen LogP contribution is 2.32. The van der Waals surface area contributed by atoms with Gasteiger partial charge >= 0.3 is 0 Å². The number of hydrogen-bond donors (Lipinski definition) is 1. The van der Waals surface area contributed by atoms with E-state index in [-0.39, 0.29) is 0 Å². The Kier molecular flexibility index (Phi) is 2.72. The van der Waals surface area contributed by atoms with E-state index in [1.807, 2.05) is 4.68 Å². The molecule has 1 aliphatic carbocycles. The molecule has 0 aliphatic heterocycles. The molecular weight excluding hydrogens is 186 g/mol. The van der Waals surface area contributed by atoms with Gasteiger partial charge in [0.15, 0.2) is 0 Å². The fourth-order valence-corrected chi connectivity index (χ4v) is 2.48. The molecule has 0 aromatic carbocycles. The third-order valence-electron chi connectivity index (χ3n) is 3.64. The molecule has 2 N–H and O–H groups in total. The summed E-state index contributed by atoms with van der Waals surface area (Å²) in [6, 6.07) is 0. The first-order chi connectivity index (χ1) is 7.13. The van der Waals surface area contributed by atoms with E-state index in [1.54, 1.807) is 0 Å². The van der Waals surface area contributed by atoms with Gasteiger partial charge in [-0.1, -0.05) is 13.8 Å². The number of aromatic nitrogens is 2. The van der Waals surface area contributed by atoms with Crippen LogP contribution in [0.2, 0.25) is 0 Å². The summed E-state index contributed by atoms with van der Waals surface area (Å²) in [7, 11) is 0. The molecule has 3 nitrogen and oxygen atoms in total. The molecule has 0 bridgehead atoms. The molecule has 1 aromatic rings. The van der Waals surface area contributed by atoms with Gasteiger partial charge in [-0.25, -0.2) is 4.68 Å². The number of fused-ring (bicyclic) bond motifs is 1. The van der Waals surface area contributed by atoms with E-state index in [0.29, 0.717) is 0 Å². The minimum atomic E-state index is 0.752. The fraction of sp³-hybridized carbons (Fsp3) is 0.750. The zero-order chi connectivity index (χ0) is 11.0. The van der Waals surface area contributed by atoms with Crippen molar-refractivity contribution in [3.05, 3.63) is 11.3 Å². The van der Waals surface area contributed by atoms with Gasteiger partial charge < -0.3 is 5.73 Å². The molecule has 0 amide bonds. The zero-order valence-corrected chi connectivity index (χ0v) is 9.95. The van der Waals surface area contributed by atoms with Crippen molar-refractivity contribution in [2.45, 2.75) is 46.6 Å². The number of nitrogen functional groups attached to an aromatic ring is 1. The largest absolute Gasteiger partial charge is 0.384 e. The molecule has 2 rings (SSSR count). The van der Waals surface area contributed by atoms with Crippen molar-refractivity contribution < 1.29 is 0 Å². The maximum absolute atomic E-state index is 6.10. The molecule has 15 heavy (non-hydrogen) atoms. The van der Waals surface area contributed by atoms with Gasteiger partial charge in [-0.15, -0.1) is 0 Å². The number of nitrogens with zero attached hydrogens (tertiary/aromatic N) is 2. The van der Waals surface area contributed by atoms with Gasteiger partial charge in [0.05, 0.1) is 5.69 Å². The Balaban J connectivity index is 2.28. The van der Waals surface area contributed by atoms with Crippen molar-refractivity contribution in [2.75, 3.05) is 5.73 Å². The predicted molar refractivity (Wildman–Crippen MR) is 62.7 cm³/mol. The van der Waals surface area contributed by atoms with Crippen molar-refractivity contribution >= 4 is 5.82 Å². The van der Waals surface area contributed by atoms with Gasteiger partial charge in [-0.05, 0) is 38.0 Å². The van der Waals surface area contributed by atoms with Crippen molar-refractivity contribution in [3.8, 4) is 0 Å².